The largest absolute Gasteiger partial charge is 0.497 e. The van der Waals surface area contributed by atoms with Gasteiger partial charge in [-0.15, -0.1) is 0 Å². The Kier molecular flexibility index (Phi) is 7.29. The fourth-order valence-corrected chi connectivity index (χ4v) is 4.97. The van der Waals surface area contributed by atoms with Crippen LogP contribution in [-0.4, -0.2) is 33.4 Å². The number of aromatic nitrogens is 2. The molecule has 2 aromatic heterocycles. The van der Waals surface area contributed by atoms with Gasteiger partial charge in [0.1, 0.15) is 17.7 Å². The summed E-state index contributed by atoms with van der Waals surface area (Å²) < 4.78 is 16.9. The molecule has 4 rings (SSSR count). The SMILES string of the molecule is COc1cccc(Cc2nc(CO[C@H]3CCC[C@@H](CC(O)c4sc(=O)[nH]c4O)C3)co2)c1. The van der Waals surface area contributed by atoms with Crippen molar-refractivity contribution in [1.82, 2.24) is 9.97 Å². The van der Waals surface area contributed by atoms with Crippen LogP contribution < -0.4 is 9.61 Å². The van der Waals surface area contributed by atoms with E-state index in [2.05, 4.69) is 9.97 Å². The third kappa shape index (κ3) is 5.79. The van der Waals surface area contributed by atoms with E-state index in [1.165, 1.54) is 0 Å². The smallest absolute Gasteiger partial charge is 0.307 e. The molecule has 0 saturated heterocycles. The molecule has 8 nitrogen and oxygen atoms in total. The van der Waals surface area contributed by atoms with E-state index in [1.807, 2.05) is 24.3 Å². The van der Waals surface area contributed by atoms with Crippen molar-refractivity contribution in [3.8, 4) is 11.6 Å². The topological polar surface area (TPSA) is 118 Å². The Morgan fingerprint density at radius 2 is 2.25 bits per heavy atom. The molecular weight excluding hydrogens is 432 g/mol. The number of H-pyrrole nitrogens is 1. The molecule has 0 bridgehead atoms. The number of rotatable bonds is 9. The van der Waals surface area contributed by atoms with E-state index in [4.69, 9.17) is 13.9 Å². The maximum atomic E-state index is 11.4. The highest BCUT2D eigenvalue weighted by atomic mass is 32.1. The zero-order chi connectivity index (χ0) is 22.5. The van der Waals surface area contributed by atoms with E-state index in [-0.39, 0.29) is 22.8 Å². The second-order valence-electron chi connectivity index (χ2n) is 8.21. The van der Waals surface area contributed by atoms with Gasteiger partial charge in [0.15, 0.2) is 5.89 Å². The number of aromatic amines is 1. The van der Waals surface area contributed by atoms with Crippen LogP contribution in [0.15, 0.2) is 39.7 Å². The van der Waals surface area contributed by atoms with Gasteiger partial charge in [-0.1, -0.05) is 36.3 Å². The Morgan fingerprint density at radius 1 is 1.38 bits per heavy atom. The van der Waals surface area contributed by atoms with Crippen LogP contribution in [0.5, 0.6) is 11.6 Å². The second kappa shape index (κ2) is 10.3. The van der Waals surface area contributed by atoms with Gasteiger partial charge in [-0.25, -0.2) is 4.98 Å². The molecule has 3 atom stereocenters. The van der Waals surface area contributed by atoms with Gasteiger partial charge in [-0.2, -0.15) is 0 Å². The van der Waals surface area contributed by atoms with E-state index in [1.54, 1.807) is 13.4 Å². The fraction of sp³-hybridized carbons (Fsp3) is 0.478. The van der Waals surface area contributed by atoms with Crippen LogP contribution in [0.25, 0.3) is 0 Å². The molecular formula is C23H28N2O6S. The number of thiazole rings is 1. The molecule has 9 heteroatoms. The normalized spacial score (nSPS) is 19.7. The van der Waals surface area contributed by atoms with Gasteiger partial charge < -0.3 is 24.1 Å². The summed E-state index contributed by atoms with van der Waals surface area (Å²) in [6.07, 6.45) is 5.74. The molecule has 32 heavy (non-hydrogen) atoms. The van der Waals surface area contributed by atoms with Crippen LogP contribution >= 0.6 is 11.3 Å². The minimum Gasteiger partial charge on any atom is -0.497 e. The lowest BCUT2D eigenvalue weighted by atomic mass is 9.83. The number of benzene rings is 1. The molecule has 172 valence electrons. The fourth-order valence-electron chi connectivity index (χ4n) is 4.24. The molecule has 3 aromatic rings. The number of hydrogen-bond acceptors (Lipinski definition) is 8. The third-order valence-electron chi connectivity index (χ3n) is 5.81. The number of methoxy groups -OCH3 is 1. The summed E-state index contributed by atoms with van der Waals surface area (Å²) >= 11 is 0.856. The van der Waals surface area contributed by atoms with Crippen LogP contribution in [0, 0.1) is 5.92 Å². The molecule has 2 heterocycles. The number of oxazole rings is 1. The molecule has 1 unspecified atom stereocenters. The van der Waals surface area contributed by atoms with Gasteiger partial charge >= 0.3 is 4.87 Å². The first-order chi connectivity index (χ1) is 15.5. The summed E-state index contributed by atoms with van der Waals surface area (Å²) in [6.45, 7) is 0.377. The summed E-state index contributed by atoms with van der Waals surface area (Å²) in [5, 5.41) is 20.2. The number of aromatic hydroxyl groups is 1. The molecule has 3 N–H and O–H groups in total. The number of nitrogens with one attached hydrogen (secondary N) is 1. The zero-order valence-electron chi connectivity index (χ0n) is 18.0. The van der Waals surface area contributed by atoms with Crippen molar-refractivity contribution in [1.29, 1.82) is 0 Å². The summed E-state index contributed by atoms with van der Waals surface area (Å²) in [7, 11) is 1.64. The maximum Gasteiger partial charge on any atom is 0.307 e. The number of ether oxygens (including phenoxy) is 2. The predicted molar refractivity (Wildman–Crippen MR) is 119 cm³/mol. The first kappa shape index (κ1) is 22.6. The molecule has 1 aliphatic carbocycles. The molecule has 1 saturated carbocycles. The number of nitrogens with zero attached hydrogens (tertiary/aromatic N) is 1. The summed E-state index contributed by atoms with van der Waals surface area (Å²) in [5.41, 5.74) is 1.82. The molecule has 0 radical (unpaired) electrons. The van der Waals surface area contributed by atoms with Gasteiger partial charge in [0.25, 0.3) is 0 Å². The predicted octanol–water partition coefficient (Wildman–Crippen LogP) is 3.93. The molecule has 1 fully saturated rings. The maximum absolute atomic E-state index is 11.4. The Balaban J connectivity index is 1.26. The third-order valence-corrected chi connectivity index (χ3v) is 6.78. The van der Waals surface area contributed by atoms with E-state index in [9.17, 15) is 15.0 Å². The number of aliphatic hydroxyl groups excluding tert-OH is 1. The molecule has 1 aliphatic rings. The average molecular weight is 461 g/mol. The first-order valence-corrected chi connectivity index (χ1v) is 11.6. The van der Waals surface area contributed by atoms with Crippen LogP contribution in [0.2, 0.25) is 0 Å². The lowest BCUT2D eigenvalue weighted by molar-refractivity contribution is -0.00697. The van der Waals surface area contributed by atoms with E-state index < -0.39 is 6.10 Å². The Labute approximate surface area is 189 Å². The summed E-state index contributed by atoms with van der Waals surface area (Å²) in [5.74, 6) is 1.47. The first-order valence-electron chi connectivity index (χ1n) is 10.8. The van der Waals surface area contributed by atoms with Gasteiger partial charge in [-0.3, -0.25) is 9.78 Å². The summed E-state index contributed by atoms with van der Waals surface area (Å²) in [6, 6.07) is 7.81. The lowest BCUT2D eigenvalue weighted by Crippen LogP contribution is -2.24. The van der Waals surface area contributed by atoms with Gasteiger partial charge in [0.2, 0.25) is 5.88 Å². The standard InChI is InChI=1S/C23H28N2O6S/c1-29-17-6-2-5-15(8-17)11-20-24-16(13-31-20)12-30-18-7-3-4-14(9-18)10-19(26)21-22(27)25-23(28)32-21/h2,5-6,8,13-14,18-19,26-27H,3-4,7,9-12H2,1H3,(H,25,28)/t14-,18+,19?/m1/s1. The van der Waals surface area contributed by atoms with Crippen LogP contribution in [0.1, 0.15) is 60.2 Å². The van der Waals surface area contributed by atoms with Crippen molar-refractivity contribution in [2.45, 2.75) is 57.3 Å². The van der Waals surface area contributed by atoms with Crippen molar-refractivity contribution in [2.75, 3.05) is 7.11 Å². The van der Waals surface area contributed by atoms with Crippen molar-refractivity contribution in [2.24, 2.45) is 5.92 Å². The molecule has 0 amide bonds. The lowest BCUT2D eigenvalue weighted by Gasteiger charge is -2.30. The molecule has 0 spiro atoms. The van der Waals surface area contributed by atoms with Gasteiger partial charge in [0.05, 0.1) is 30.8 Å². The highest BCUT2D eigenvalue weighted by Crippen LogP contribution is 2.36. The molecule has 1 aromatic carbocycles. The highest BCUT2D eigenvalue weighted by molar-refractivity contribution is 7.09. The van der Waals surface area contributed by atoms with Gasteiger partial charge in [0, 0.05) is 6.42 Å². The van der Waals surface area contributed by atoms with Crippen molar-refractivity contribution >= 4 is 11.3 Å². The van der Waals surface area contributed by atoms with E-state index in [0.29, 0.717) is 30.2 Å². The van der Waals surface area contributed by atoms with Crippen molar-refractivity contribution in [3.63, 3.8) is 0 Å². The summed E-state index contributed by atoms with van der Waals surface area (Å²) in [4.78, 5) is 18.2. The van der Waals surface area contributed by atoms with Crippen molar-refractivity contribution in [3.05, 3.63) is 62.2 Å². The number of aliphatic hydroxyl groups is 1. The average Bonchev–Trinajstić information content (AvgIpc) is 3.37. The Bertz CT molecular complexity index is 1070. The zero-order valence-corrected chi connectivity index (χ0v) is 18.8. The Morgan fingerprint density at radius 3 is 3.03 bits per heavy atom. The highest BCUT2D eigenvalue weighted by Gasteiger charge is 2.27. The van der Waals surface area contributed by atoms with Crippen LogP contribution in [0.3, 0.4) is 0 Å². The van der Waals surface area contributed by atoms with Gasteiger partial charge in [-0.05, 0) is 42.9 Å². The van der Waals surface area contributed by atoms with Crippen LogP contribution in [0.4, 0.5) is 0 Å². The minimum atomic E-state index is -0.850. The van der Waals surface area contributed by atoms with E-state index in [0.717, 1.165) is 54.0 Å². The Hall–Kier alpha value is -2.62. The number of hydrogen-bond donors (Lipinski definition) is 3. The minimum absolute atomic E-state index is 0.0815. The van der Waals surface area contributed by atoms with Crippen molar-refractivity contribution < 1.29 is 24.1 Å². The van der Waals surface area contributed by atoms with E-state index >= 15 is 0 Å². The monoisotopic (exact) mass is 460 g/mol. The quantitative estimate of drug-likeness (QED) is 0.443. The molecule has 0 aliphatic heterocycles. The van der Waals surface area contributed by atoms with Crippen LogP contribution in [-0.2, 0) is 17.8 Å². The second-order valence-corrected chi connectivity index (χ2v) is 9.22.